The van der Waals surface area contributed by atoms with Crippen LogP contribution in [0.3, 0.4) is 0 Å². The Balaban J connectivity index is 1.78. The van der Waals surface area contributed by atoms with Crippen LogP contribution < -0.4 is 10.1 Å². The molecule has 1 aromatic rings. The second-order valence-corrected chi connectivity index (χ2v) is 4.79. The molecular formula is C12H17N3O3. The Morgan fingerprint density at radius 3 is 3.28 bits per heavy atom. The largest absolute Gasteiger partial charge is 0.479 e. The number of rotatable bonds is 2. The first-order valence-corrected chi connectivity index (χ1v) is 6.34. The highest BCUT2D eigenvalue weighted by molar-refractivity contribution is 5.92. The molecule has 0 spiro atoms. The van der Waals surface area contributed by atoms with Gasteiger partial charge in [-0.1, -0.05) is 0 Å². The minimum atomic E-state index is -0.0794. The van der Waals surface area contributed by atoms with Gasteiger partial charge in [0.2, 0.25) is 5.76 Å². The van der Waals surface area contributed by atoms with Crippen molar-refractivity contribution in [2.24, 2.45) is 0 Å². The minimum absolute atomic E-state index is 0.0794. The molecule has 2 saturated heterocycles. The third-order valence-corrected chi connectivity index (χ3v) is 3.79. The fraction of sp³-hybridized carbons (Fsp3) is 0.667. The van der Waals surface area contributed by atoms with Gasteiger partial charge in [0.05, 0.1) is 13.2 Å². The van der Waals surface area contributed by atoms with Crippen LogP contribution in [0.1, 0.15) is 29.8 Å². The van der Waals surface area contributed by atoms with E-state index in [-0.39, 0.29) is 11.7 Å². The Labute approximate surface area is 105 Å². The molecule has 3 rings (SSSR count). The van der Waals surface area contributed by atoms with Gasteiger partial charge in [-0.05, 0) is 31.0 Å². The zero-order valence-corrected chi connectivity index (χ0v) is 10.4. The summed E-state index contributed by atoms with van der Waals surface area (Å²) in [5, 5.41) is 7.12. The summed E-state index contributed by atoms with van der Waals surface area (Å²) in [5.41, 5.74) is 0. The monoisotopic (exact) mass is 251 g/mol. The maximum absolute atomic E-state index is 12.4. The second kappa shape index (κ2) is 4.61. The maximum atomic E-state index is 12.4. The number of amides is 1. The van der Waals surface area contributed by atoms with E-state index in [4.69, 9.17) is 9.26 Å². The number of methoxy groups -OCH3 is 1. The maximum Gasteiger partial charge on any atom is 0.292 e. The molecule has 18 heavy (non-hydrogen) atoms. The van der Waals surface area contributed by atoms with Crippen molar-refractivity contribution in [3.63, 3.8) is 0 Å². The van der Waals surface area contributed by atoms with Crippen molar-refractivity contribution >= 4 is 5.91 Å². The molecule has 1 amide bonds. The minimum Gasteiger partial charge on any atom is -0.479 e. The molecule has 6 heteroatoms. The van der Waals surface area contributed by atoms with Crippen molar-refractivity contribution in [1.29, 1.82) is 0 Å². The first kappa shape index (κ1) is 11.5. The number of piperidine rings is 1. The molecule has 2 fully saturated rings. The van der Waals surface area contributed by atoms with Crippen molar-refractivity contribution in [1.82, 2.24) is 15.4 Å². The summed E-state index contributed by atoms with van der Waals surface area (Å²) in [6.07, 6.45) is 3.20. The van der Waals surface area contributed by atoms with Crippen LogP contribution in [-0.4, -0.2) is 48.2 Å². The van der Waals surface area contributed by atoms with E-state index >= 15 is 0 Å². The normalized spacial score (nSPS) is 27.1. The fourth-order valence-electron chi connectivity index (χ4n) is 2.92. The summed E-state index contributed by atoms with van der Waals surface area (Å²) in [7, 11) is 1.50. The Morgan fingerprint density at radius 1 is 1.61 bits per heavy atom. The molecule has 2 aliphatic rings. The number of nitrogens with one attached hydrogen (secondary N) is 1. The van der Waals surface area contributed by atoms with Crippen molar-refractivity contribution < 1.29 is 14.1 Å². The van der Waals surface area contributed by atoms with Gasteiger partial charge in [0, 0.05) is 18.6 Å². The van der Waals surface area contributed by atoms with Crippen LogP contribution in [0, 0.1) is 0 Å². The van der Waals surface area contributed by atoms with Gasteiger partial charge in [-0.2, -0.15) is 0 Å². The van der Waals surface area contributed by atoms with Crippen LogP contribution in [0.25, 0.3) is 0 Å². The molecule has 3 heterocycles. The number of likely N-dealkylation sites (tertiary alicyclic amines) is 1. The van der Waals surface area contributed by atoms with Gasteiger partial charge >= 0.3 is 0 Å². The molecule has 0 radical (unpaired) electrons. The topological polar surface area (TPSA) is 67.6 Å². The molecular weight excluding hydrogens is 234 g/mol. The highest BCUT2D eigenvalue weighted by Crippen LogP contribution is 2.26. The molecule has 1 aromatic heterocycles. The standard InChI is InChI=1S/C12H17N3O3/c1-17-11-7-10(18-14-11)12(16)15-6-2-3-8-9(15)4-5-13-8/h7-9,13H,2-6H2,1H3. The first-order valence-electron chi connectivity index (χ1n) is 6.34. The molecule has 2 aliphatic heterocycles. The molecule has 2 unspecified atom stereocenters. The van der Waals surface area contributed by atoms with Gasteiger partial charge in [0.1, 0.15) is 0 Å². The van der Waals surface area contributed by atoms with Crippen LogP contribution in [0.2, 0.25) is 0 Å². The first-order chi connectivity index (χ1) is 8.79. The number of hydrogen-bond acceptors (Lipinski definition) is 5. The number of fused-ring (bicyclic) bond motifs is 1. The highest BCUT2D eigenvalue weighted by atomic mass is 16.5. The molecule has 0 bridgehead atoms. The van der Waals surface area contributed by atoms with Crippen molar-refractivity contribution in [3.8, 4) is 5.88 Å². The van der Waals surface area contributed by atoms with Crippen LogP contribution in [-0.2, 0) is 0 Å². The lowest BCUT2D eigenvalue weighted by molar-refractivity contribution is 0.0558. The summed E-state index contributed by atoms with van der Waals surface area (Å²) >= 11 is 0. The van der Waals surface area contributed by atoms with E-state index in [2.05, 4.69) is 10.5 Å². The summed E-state index contributed by atoms with van der Waals surface area (Å²) < 4.78 is 9.96. The van der Waals surface area contributed by atoms with Gasteiger partial charge in [-0.15, -0.1) is 0 Å². The van der Waals surface area contributed by atoms with E-state index in [9.17, 15) is 4.79 Å². The lowest BCUT2D eigenvalue weighted by Crippen LogP contribution is -2.50. The van der Waals surface area contributed by atoms with E-state index in [0.717, 1.165) is 32.4 Å². The number of hydrogen-bond donors (Lipinski definition) is 1. The third kappa shape index (κ3) is 1.86. The molecule has 98 valence electrons. The number of carbonyl (C=O) groups is 1. The van der Waals surface area contributed by atoms with Gasteiger partial charge in [0.15, 0.2) is 0 Å². The van der Waals surface area contributed by atoms with E-state index in [1.807, 2.05) is 4.90 Å². The molecule has 1 N–H and O–H groups in total. The lowest BCUT2D eigenvalue weighted by Gasteiger charge is -2.36. The van der Waals surface area contributed by atoms with Crippen LogP contribution in [0.15, 0.2) is 10.6 Å². The van der Waals surface area contributed by atoms with Gasteiger partial charge in [0.25, 0.3) is 11.8 Å². The average Bonchev–Trinajstić information content (AvgIpc) is 3.05. The second-order valence-electron chi connectivity index (χ2n) is 4.79. The summed E-state index contributed by atoms with van der Waals surface area (Å²) in [6.45, 7) is 1.78. The van der Waals surface area contributed by atoms with E-state index in [0.29, 0.717) is 18.0 Å². The van der Waals surface area contributed by atoms with Crippen molar-refractivity contribution in [2.75, 3.05) is 20.2 Å². The van der Waals surface area contributed by atoms with Crippen molar-refractivity contribution in [3.05, 3.63) is 11.8 Å². The Kier molecular flexibility index (Phi) is 2.95. The zero-order valence-electron chi connectivity index (χ0n) is 10.4. The van der Waals surface area contributed by atoms with E-state index in [1.165, 1.54) is 7.11 Å². The van der Waals surface area contributed by atoms with Gasteiger partial charge in [-0.25, -0.2) is 0 Å². The quantitative estimate of drug-likeness (QED) is 0.836. The molecule has 0 saturated carbocycles. The Bertz CT molecular complexity index is 446. The van der Waals surface area contributed by atoms with Gasteiger partial charge < -0.3 is 19.5 Å². The third-order valence-electron chi connectivity index (χ3n) is 3.79. The molecule has 2 atom stereocenters. The number of aromatic nitrogens is 1. The lowest BCUT2D eigenvalue weighted by atomic mass is 9.97. The number of nitrogens with zero attached hydrogens (tertiary/aromatic N) is 2. The fourth-order valence-corrected chi connectivity index (χ4v) is 2.92. The summed E-state index contributed by atoms with van der Waals surface area (Å²) in [6, 6.07) is 2.28. The van der Waals surface area contributed by atoms with Crippen LogP contribution in [0.4, 0.5) is 0 Å². The summed E-state index contributed by atoms with van der Waals surface area (Å²) in [4.78, 5) is 14.3. The summed E-state index contributed by atoms with van der Waals surface area (Å²) in [5.74, 6) is 0.528. The Morgan fingerprint density at radius 2 is 2.50 bits per heavy atom. The molecule has 6 nitrogen and oxygen atoms in total. The average molecular weight is 251 g/mol. The highest BCUT2D eigenvalue weighted by Gasteiger charge is 2.38. The zero-order chi connectivity index (χ0) is 12.5. The SMILES string of the molecule is COc1cc(C(=O)N2CCCC3NCCC32)on1. The van der Waals surface area contributed by atoms with E-state index in [1.54, 1.807) is 6.07 Å². The van der Waals surface area contributed by atoms with Crippen molar-refractivity contribution in [2.45, 2.75) is 31.3 Å². The van der Waals surface area contributed by atoms with Crippen LogP contribution >= 0.6 is 0 Å². The predicted octanol–water partition coefficient (Wildman–Crippen LogP) is 0.650. The van der Waals surface area contributed by atoms with Gasteiger partial charge in [-0.3, -0.25) is 4.79 Å². The number of ether oxygens (including phenoxy) is 1. The Hall–Kier alpha value is -1.56. The van der Waals surface area contributed by atoms with E-state index < -0.39 is 0 Å². The smallest absolute Gasteiger partial charge is 0.292 e. The number of carbonyl (C=O) groups excluding carboxylic acids is 1. The van der Waals surface area contributed by atoms with Crippen LogP contribution in [0.5, 0.6) is 5.88 Å². The molecule has 0 aromatic carbocycles. The predicted molar refractivity (Wildman–Crippen MR) is 63.5 cm³/mol. The molecule has 0 aliphatic carbocycles.